The van der Waals surface area contributed by atoms with Gasteiger partial charge in [0.15, 0.2) is 0 Å². The van der Waals surface area contributed by atoms with Gasteiger partial charge >= 0.3 is 0 Å². The second-order valence-electron chi connectivity index (χ2n) is 6.00. The van der Waals surface area contributed by atoms with Gasteiger partial charge in [0.2, 0.25) is 0 Å². The monoisotopic (exact) mass is 221 g/mol. The molecule has 0 saturated carbocycles. The third kappa shape index (κ3) is 2.02. The molecule has 0 heterocycles. The van der Waals surface area contributed by atoms with E-state index < -0.39 is 0 Å². The summed E-state index contributed by atoms with van der Waals surface area (Å²) in [5.74, 6) is 0.473. The molecule has 0 amide bonds. The van der Waals surface area contributed by atoms with Crippen LogP contribution in [0.4, 0.5) is 0 Å². The molecule has 0 unspecified atom stereocenters. The predicted molar refractivity (Wildman–Crippen MR) is 66.9 cm³/mol. The lowest BCUT2D eigenvalue weighted by Gasteiger charge is -2.40. The molecule has 2 nitrogen and oxygen atoms in total. The summed E-state index contributed by atoms with van der Waals surface area (Å²) in [7, 11) is 0. The largest absolute Gasteiger partial charge is 0.411 e. The van der Waals surface area contributed by atoms with E-state index in [0.29, 0.717) is 11.3 Å². The summed E-state index contributed by atoms with van der Waals surface area (Å²) in [5, 5.41) is 12.3. The summed E-state index contributed by atoms with van der Waals surface area (Å²) >= 11 is 0. The highest BCUT2D eigenvalue weighted by atomic mass is 16.4. The van der Waals surface area contributed by atoms with E-state index in [9.17, 15) is 0 Å². The van der Waals surface area contributed by atoms with Crippen molar-refractivity contribution in [3.8, 4) is 0 Å². The molecule has 0 aromatic carbocycles. The normalized spacial score (nSPS) is 30.2. The highest BCUT2D eigenvalue weighted by Gasteiger charge is 2.34. The maximum Gasteiger partial charge on any atom is 0.0574 e. The zero-order valence-corrected chi connectivity index (χ0v) is 10.7. The van der Waals surface area contributed by atoms with Crippen molar-refractivity contribution in [1.29, 1.82) is 0 Å². The molecule has 1 atom stereocenters. The minimum atomic E-state index is 0.377. The first-order valence-corrected chi connectivity index (χ1v) is 6.44. The molecule has 0 spiro atoms. The Hall–Kier alpha value is -0.790. The second-order valence-corrected chi connectivity index (χ2v) is 6.00. The number of nitrogens with zero attached hydrogens (tertiary/aromatic N) is 1. The Morgan fingerprint density at radius 2 is 2.12 bits per heavy atom. The van der Waals surface area contributed by atoms with Crippen LogP contribution in [0.3, 0.4) is 0 Å². The van der Waals surface area contributed by atoms with Crippen molar-refractivity contribution in [2.45, 2.75) is 59.3 Å². The number of allylic oxidation sites excluding steroid dienone is 2. The summed E-state index contributed by atoms with van der Waals surface area (Å²) in [6.45, 7) is 6.69. The van der Waals surface area contributed by atoms with E-state index in [4.69, 9.17) is 5.21 Å². The molecule has 2 rings (SSSR count). The van der Waals surface area contributed by atoms with Crippen LogP contribution in [-0.2, 0) is 0 Å². The van der Waals surface area contributed by atoms with E-state index in [0.717, 1.165) is 12.1 Å². The quantitative estimate of drug-likeness (QED) is 0.307. The lowest BCUT2D eigenvalue weighted by Crippen LogP contribution is -2.28. The van der Waals surface area contributed by atoms with Crippen molar-refractivity contribution >= 4 is 5.71 Å². The van der Waals surface area contributed by atoms with Gasteiger partial charge in [0, 0.05) is 5.92 Å². The molecular weight excluding hydrogens is 198 g/mol. The molecule has 2 heteroatoms. The van der Waals surface area contributed by atoms with Crippen molar-refractivity contribution in [3.63, 3.8) is 0 Å². The molecule has 0 saturated heterocycles. The van der Waals surface area contributed by atoms with Crippen LogP contribution in [0, 0.1) is 11.3 Å². The van der Waals surface area contributed by atoms with Gasteiger partial charge in [0.05, 0.1) is 5.71 Å². The van der Waals surface area contributed by atoms with Crippen molar-refractivity contribution in [3.05, 3.63) is 11.1 Å². The summed E-state index contributed by atoms with van der Waals surface area (Å²) in [6.07, 6.45) is 7.48. The Labute approximate surface area is 98.4 Å². The van der Waals surface area contributed by atoms with Crippen LogP contribution < -0.4 is 0 Å². The number of hydrogen-bond acceptors (Lipinski definition) is 2. The summed E-state index contributed by atoms with van der Waals surface area (Å²) in [6, 6.07) is 0. The predicted octanol–water partition coefficient (Wildman–Crippen LogP) is 4.14. The minimum absolute atomic E-state index is 0.377. The average Bonchev–Trinajstić information content (AvgIpc) is 2.27. The Bertz CT molecular complexity index is 339. The van der Waals surface area contributed by atoms with E-state index in [1.54, 1.807) is 11.1 Å². The molecule has 0 aromatic rings. The SMILES string of the molecule is C/C(=N/O)[C@H]1CCC2=C(C1)C(C)(C)CCC2. The standard InChI is InChI=1S/C14H23NO/c1-10(15-16)12-7-6-11-5-4-8-14(2,3)13(11)9-12/h12,16H,4-9H2,1-3H3/b15-10-/t12-/m0/s1. The van der Waals surface area contributed by atoms with E-state index in [1.165, 1.54) is 32.1 Å². The van der Waals surface area contributed by atoms with Crippen LogP contribution >= 0.6 is 0 Å². The van der Waals surface area contributed by atoms with Gasteiger partial charge in [0.25, 0.3) is 0 Å². The van der Waals surface area contributed by atoms with Gasteiger partial charge in [-0.1, -0.05) is 30.1 Å². The Morgan fingerprint density at radius 1 is 1.38 bits per heavy atom. The van der Waals surface area contributed by atoms with E-state index in [1.807, 2.05) is 6.92 Å². The fourth-order valence-corrected chi connectivity index (χ4v) is 3.36. The highest BCUT2D eigenvalue weighted by Crippen LogP contribution is 2.47. The molecule has 2 aliphatic carbocycles. The van der Waals surface area contributed by atoms with Gasteiger partial charge in [-0.15, -0.1) is 0 Å². The number of oxime groups is 1. The van der Waals surface area contributed by atoms with Crippen molar-refractivity contribution < 1.29 is 5.21 Å². The van der Waals surface area contributed by atoms with Gasteiger partial charge in [-0.3, -0.25) is 0 Å². The lowest BCUT2D eigenvalue weighted by molar-refractivity contribution is 0.303. The molecule has 0 aliphatic heterocycles. The Morgan fingerprint density at radius 3 is 2.81 bits per heavy atom. The molecule has 0 bridgehead atoms. The highest BCUT2D eigenvalue weighted by molar-refractivity contribution is 5.84. The van der Waals surface area contributed by atoms with Gasteiger partial charge < -0.3 is 5.21 Å². The summed E-state index contributed by atoms with van der Waals surface area (Å²) in [5.41, 5.74) is 4.66. The van der Waals surface area contributed by atoms with E-state index >= 15 is 0 Å². The average molecular weight is 221 g/mol. The zero-order valence-electron chi connectivity index (χ0n) is 10.7. The molecule has 0 aromatic heterocycles. The zero-order chi connectivity index (χ0) is 11.8. The van der Waals surface area contributed by atoms with Crippen LogP contribution in [-0.4, -0.2) is 10.9 Å². The first-order chi connectivity index (χ1) is 7.54. The van der Waals surface area contributed by atoms with Crippen LogP contribution in [0.15, 0.2) is 16.3 Å². The van der Waals surface area contributed by atoms with Gasteiger partial charge in [-0.2, -0.15) is 0 Å². The number of rotatable bonds is 1. The van der Waals surface area contributed by atoms with Crippen molar-refractivity contribution in [2.75, 3.05) is 0 Å². The fourth-order valence-electron chi connectivity index (χ4n) is 3.36. The van der Waals surface area contributed by atoms with Gasteiger partial charge in [0.1, 0.15) is 0 Å². The summed E-state index contributed by atoms with van der Waals surface area (Å²) in [4.78, 5) is 0. The smallest absolute Gasteiger partial charge is 0.0574 e. The number of hydrogen-bond donors (Lipinski definition) is 1. The summed E-state index contributed by atoms with van der Waals surface area (Å²) < 4.78 is 0. The molecular formula is C14H23NO. The Balaban J connectivity index is 2.23. The maximum atomic E-state index is 8.89. The van der Waals surface area contributed by atoms with Crippen LogP contribution in [0.5, 0.6) is 0 Å². The molecule has 0 radical (unpaired) electrons. The third-order valence-corrected chi connectivity index (χ3v) is 4.52. The third-order valence-electron chi connectivity index (χ3n) is 4.52. The molecule has 90 valence electrons. The van der Waals surface area contributed by atoms with Gasteiger partial charge in [-0.05, 0) is 50.9 Å². The van der Waals surface area contributed by atoms with Gasteiger partial charge in [-0.25, -0.2) is 0 Å². The lowest BCUT2D eigenvalue weighted by atomic mass is 9.65. The Kier molecular flexibility index (Phi) is 3.09. The fraction of sp³-hybridized carbons (Fsp3) is 0.786. The van der Waals surface area contributed by atoms with E-state index in [2.05, 4.69) is 19.0 Å². The first kappa shape index (κ1) is 11.7. The van der Waals surface area contributed by atoms with Crippen LogP contribution in [0.1, 0.15) is 59.3 Å². The molecule has 1 N–H and O–H groups in total. The maximum absolute atomic E-state index is 8.89. The topological polar surface area (TPSA) is 32.6 Å². The van der Waals surface area contributed by atoms with E-state index in [-0.39, 0.29) is 0 Å². The van der Waals surface area contributed by atoms with Crippen LogP contribution in [0.25, 0.3) is 0 Å². The van der Waals surface area contributed by atoms with Crippen LogP contribution in [0.2, 0.25) is 0 Å². The second kappa shape index (κ2) is 4.23. The van der Waals surface area contributed by atoms with Crippen molar-refractivity contribution in [1.82, 2.24) is 0 Å². The minimum Gasteiger partial charge on any atom is -0.411 e. The molecule has 2 aliphatic rings. The first-order valence-electron chi connectivity index (χ1n) is 6.44. The molecule has 0 fully saturated rings. The van der Waals surface area contributed by atoms with Crippen molar-refractivity contribution in [2.24, 2.45) is 16.5 Å². The molecule has 16 heavy (non-hydrogen) atoms.